The lowest BCUT2D eigenvalue weighted by atomic mass is 9.93. The number of carbonyl (C=O) groups excluding carboxylic acids is 1. The standard InChI is InChI=1S/C29H26Cl2O5/c30-21-3-1-2-19(14-21)20-5-4-17(12-20)13-26(32)18-6-8-22(9-7-18)36-28-16-27-24(15-25(28)31)23(29(33)34)10-11-35-27/h1-3,6-9,14-17,20,23H,4-5,10-13H2,(H,33,34). The Bertz CT molecular complexity index is 1290. The minimum Gasteiger partial charge on any atom is -0.493 e. The molecule has 0 saturated heterocycles. The maximum absolute atomic E-state index is 12.9. The first-order valence-corrected chi connectivity index (χ1v) is 12.9. The van der Waals surface area contributed by atoms with Crippen molar-refractivity contribution in [2.75, 3.05) is 6.61 Å². The first-order valence-electron chi connectivity index (χ1n) is 12.1. The Morgan fingerprint density at radius 3 is 2.56 bits per heavy atom. The molecule has 36 heavy (non-hydrogen) atoms. The fourth-order valence-corrected chi connectivity index (χ4v) is 5.67. The molecule has 1 aliphatic heterocycles. The van der Waals surface area contributed by atoms with E-state index in [0.29, 0.717) is 64.7 Å². The third-order valence-corrected chi connectivity index (χ3v) is 7.67. The van der Waals surface area contributed by atoms with Crippen LogP contribution >= 0.6 is 23.2 Å². The molecule has 0 spiro atoms. The van der Waals surface area contributed by atoms with Crippen LogP contribution in [-0.4, -0.2) is 23.5 Å². The van der Waals surface area contributed by atoms with E-state index in [2.05, 4.69) is 6.07 Å². The van der Waals surface area contributed by atoms with Crippen molar-refractivity contribution in [1.29, 1.82) is 0 Å². The number of ketones is 1. The van der Waals surface area contributed by atoms with Crippen molar-refractivity contribution < 1.29 is 24.2 Å². The highest BCUT2D eigenvalue weighted by molar-refractivity contribution is 6.32. The van der Waals surface area contributed by atoms with Crippen LogP contribution in [0.2, 0.25) is 10.0 Å². The maximum atomic E-state index is 12.9. The van der Waals surface area contributed by atoms with Gasteiger partial charge in [-0.15, -0.1) is 0 Å². The fraction of sp³-hybridized carbons (Fsp3) is 0.310. The van der Waals surface area contributed by atoms with E-state index >= 15 is 0 Å². The summed E-state index contributed by atoms with van der Waals surface area (Å²) in [5, 5.41) is 10.5. The van der Waals surface area contributed by atoms with Gasteiger partial charge in [0.1, 0.15) is 17.2 Å². The SMILES string of the molecule is O=C(CC1CCC(c2cccc(Cl)c2)C1)c1ccc(Oc2cc3c(cc2Cl)C(C(=O)O)CCO3)cc1. The molecule has 0 aromatic heterocycles. The second-order valence-corrected chi connectivity index (χ2v) is 10.4. The third-order valence-electron chi connectivity index (χ3n) is 7.14. The van der Waals surface area contributed by atoms with Crippen LogP contribution in [0.1, 0.15) is 65.4 Å². The van der Waals surface area contributed by atoms with Crippen molar-refractivity contribution in [3.05, 3.63) is 87.4 Å². The predicted molar refractivity (Wildman–Crippen MR) is 139 cm³/mol. The zero-order valence-corrected chi connectivity index (χ0v) is 21.1. The van der Waals surface area contributed by atoms with Gasteiger partial charge in [-0.1, -0.05) is 35.3 Å². The van der Waals surface area contributed by atoms with Gasteiger partial charge in [-0.3, -0.25) is 9.59 Å². The van der Waals surface area contributed by atoms with Crippen molar-refractivity contribution in [1.82, 2.24) is 0 Å². The highest BCUT2D eigenvalue weighted by atomic mass is 35.5. The van der Waals surface area contributed by atoms with Gasteiger partial charge in [0, 0.05) is 28.6 Å². The molecule has 1 aliphatic carbocycles. The number of hydrogen-bond donors (Lipinski definition) is 1. The van der Waals surface area contributed by atoms with Gasteiger partial charge in [0.25, 0.3) is 0 Å². The van der Waals surface area contributed by atoms with E-state index in [1.807, 2.05) is 18.2 Å². The maximum Gasteiger partial charge on any atom is 0.311 e. The van der Waals surface area contributed by atoms with E-state index in [1.165, 1.54) is 5.56 Å². The Hall–Kier alpha value is -3.02. The fourth-order valence-electron chi connectivity index (χ4n) is 5.26. The summed E-state index contributed by atoms with van der Waals surface area (Å²) in [6.07, 6.45) is 4.02. The van der Waals surface area contributed by atoms with Gasteiger partial charge in [-0.2, -0.15) is 0 Å². The van der Waals surface area contributed by atoms with Gasteiger partial charge >= 0.3 is 5.97 Å². The molecule has 1 fully saturated rings. The first-order chi connectivity index (χ1) is 17.4. The van der Waals surface area contributed by atoms with Gasteiger partial charge in [0.05, 0.1) is 17.5 Å². The van der Waals surface area contributed by atoms with E-state index < -0.39 is 11.9 Å². The van der Waals surface area contributed by atoms with Crippen LogP contribution < -0.4 is 9.47 Å². The molecule has 0 radical (unpaired) electrons. The Kier molecular flexibility index (Phi) is 7.22. The average molecular weight is 525 g/mol. The smallest absolute Gasteiger partial charge is 0.311 e. The Balaban J connectivity index is 1.21. The van der Waals surface area contributed by atoms with Crippen molar-refractivity contribution >= 4 is 35.0 Å². The highest BCUT2D eigenvalue weighted by Crippen LogP contribution is 2.43. The molecule has 7 heteroatoms. The summed E-state index contributed by atoms with van der Waals surface area (Å²) in [6.45, 7) is 0.322. The van der Waals surface area contributed by atoms with Crippen molar-refractivity contribution in [3.8, 4) is 17.2 Å². The molecule has 3 unspecified atom stereocenters. The van der Waals surface area contributed by atoms with E-state index in [-0.39, 0.29) is 5.78 Å². The van der Waals surface area contributed by atoms with E-state index in [4.69, 9.17) is 32.7 Å². The van der Waals surface area contributed by atoms with Crippen molar-refractivity contribution in [2.45, 2.75) is 43.9 Å². The van der Waals surface area contributed by atoms with E-state index in [0.717, 1.165) is 24.3 Å². The van der Waals surface area contributed by atoms with Crippen molar-refractivity contribution in [3.63, 3.8) is 0 Å². The van der Waals surface area contributed by atoms with Gasteiger partial charge in [0.2, 0.25) is 0 Å². The lowest BCUT2D eigenvalue weighted by molar-refractivity contribution is -0.139. The minimum absolute atomic E-state index is 0.123. The summed E-state index contributed by atoms with van der Waals surface area (Å²) < 4.78 is 11.6. The zero-order valence-electron chi connectivity index (χ0n) is 19.6. The third kappa shape index (κ3) is 5.37. The Labute approximate surface area is 219 Å². The van der Waals surface area contributed by atoms with Crippen LogP contribution in [-0.2, 0) is 4.79 Å². The van der Waals surface area contributed by atoms with Crippen LogP contribution in [0.4, 0.5) is 0 Å². The van der Waals surface area contributed by atoms with Gasteiger partial charge in [-0.05, 0) is 85.5 Å². The first kappa shape index (κ1) is 24.7. The average Bonchev–Trinajstić information content (AvgIpc) is 3.33. The summed E-state index contributed by atoms with van der Waals surface area (Å²) in [5.74, 6) is 0.758. The number of carbonyl (C=O) groups is 2. The molecule has 0 amide bonds. The molecule has 5 rings (SSSR count). The van der Waals surface area contributed by atoms with Crippen LogP contribution in [0.15, 0.2) is 60.7 Å². The predicted octanol–water partition coefficient (Wildman–Crippen LogP) is 7.89. The summed E-state index contributed by atoms with van der Waals surface area (Å²) in [4.78, 5) is 24.5. The molecule has 2 aliphatic rings. The van der Waals surface area contributed by atoms with Crippen LogP contribution in [0.5, 0.6) is 17.2 Å². The van der Waals surface area contributed by atoms with Gasteiger partial charge < -0.3 is 14.6 Å². The molecule has 1 N–H and O–H groups in total. The van der Waals surface area contributed by atoms with E-state index in [9.17, 15) is 14.7 Å². The number of rotatable bonds is 7. The molecule has 3 atom stereocenters. The summed E-state index contributed by atoms with van der Waals surface area (Å²) in [5.41, 5.74) is 2.46. The molecule has 1 heterocycles. The molecule has 3 aromatic rings. The number of carboxylic acid groups (broad SMARTS) is 1. The normalized spacial score (nSPS) is 20.9. The number of Topliss-reactive ketones (excluding diaryl/α,β-unsaturated/α-hetero) is 1. The summed E-state index contributed by atoms with van der Waals surface area (Å²) >= 11 is 12.5. The second-order valence-electron chi connectivity index (χ2n) is 9.53. The van der Waals surface area contributed by atoms with Crippen LogP contribution in [0, 0.1) is 5.92 Å². The number of benzene rings is 3. The molecular weight excluding hydrogens is 499 g/mol. The number of halogens is 2. The second kappa shape index (κ2) is 10.5. The monoisotopic (exact) mass is 524 g/mol. The largest absolute Gasteiger partial charge is 0.493 e. The zero-order chi connectivity index (χ0) is 25.2. The number of hydrogen-bond acceptors (Lipinski definition) is 4. The van der Waals surface area contributed by atoms with Crippen LogP contribution in [0.25, 0.3) is 0 Å². The number of fused-ring (bicyclic) bond motifs is 1. The molecular formula is C29H26Cl2O5. The van der Waals surface area contributed by atoms with Crippen LogP contribution in [0.3, 0.4) is 0 Å². The molecule has 1 saturated carbocycles. The van der Waals surface area contributed by atoms with Crippen molar-refractivity contribution in [2.24, 2.45) is 5.92 Å². The molecule has 3 aromatic carbocycles. The molecule has 5 nitrogen and oxygen atoms in total. The number of carboxylic acids is 1. The Morgan fingerprint density at radius 1 is 1.00 bits per heavy atom. The number of aliphatic carboxylic acids is 1. The van der Waals surface area contributed by atoms with Gasteiger partial charge in [0.15, 0.2) is 5.78 Å². The van der Waals surface area contributed by atoms with Gasteiger partial charge in [-0.25, -0.2) is 0 Å². The summed E-state index contributed by atoms with van der Waals surface area (Å²) in [6, 6.07) is 18.3. The minimum atomic E-state index is -0.901. The topological polar surface area (TPSA) is 72.8 Å². The number of ether oxygens (including phenoxy) is 2. The molecule has 0 bridgehead atoms. The quantitative estimate of drug-likeness (QED) is 0.318. The lowest BCUT2D eigenvalue weighted by Gasteiger charge is -2.24. The Morgan fingerprint density at radius 2 is 1.81 bits per heavy atom. The molecule has 186 valence electrons. The lowest BCUT2D eigenvalue weighted by Crippen LogP contribution is -2.20. The summed E-state index contributed by atoms with van der Waals surface area (Å²) in [7, 11) is 0. The highest BCUT2D eigenvalue weighted by Gasteiger charge is 2.30. The van der Waals surface area contributed by atoms with E-state index in [1.54, 1.807) is 36.4 Å².